The van der Waals surface area contributed by atoms with E-state index in [4.69, 9.17) is 0 Å². The predicted octanol–water partition coefficient (Wildman–Crippen LogP) is 2.52. The van der Waals surface area contributed by atoms with Gasteiger partial charge in [-0.1, -0.05) is 6.92 Å². The van der Waals surface area contributed by atoms with Crippen LogP contribution in [-0.4, -0.2) is 35.6 Å². The van der Waals surface area contributed by atoms with E-state index in [9.17, 15) is 0 Å². The van der Waals surface area contributed by atoms with Gasteiger partial charge in [0.2, 0.25) is 0 Å². The maximum absolute atomic E-state index is 4.31. The van der Waals surface area contributed by atoms with Crippen LogP contribution in [-0.2, 0) is 0 Å². The van der Waals surface area contributed by atoms with Crippen LogP contribution in [0.15, 0.2) is 10.9 Å². The summed E-state index contributed by atoms with van der Waals surface area (Å²) in [5.74, 6) is 0. The third-order valence-electron chi connectivity index (χ3n) is 2.88. The Kier molecular flexibility index (Phi) is 5.95. The molecular weight excluding hydrogens is 218 g/mol. The van der Waals surface area contributed by atoms with Gasteiger partial charge in [-0.05, 0) is 27.3 Å². The van der Waals surface area contributed by atoms with E-state index >= 15 is 0 Å². The van der Waals surface area contributed by atoms with Crippen molar-refractivity contribution in [2.75, 3.05) is 19.6 Å². The number of thiazole rings is 1. The van der Waals surface area contributed by atoms with Crippen molar-refractivity contribution in [3.05, 3.63) is 16.6 Å². The Morgan fingerprint density at radius 3 is 2.69 bits per heavy atom. The monoisotopic (exact) mass is 241 g/mol. The molecule has 4 heteroatoms. The van der Waals surface area contributed by atoms with Crippen LogP contribution in [0, 0.1) is 0 Å². The molecule has 1 atom stereocenters. The zero-order valence-corrected chi connectivity index (χ0v) is 11.5. The third-order valence-corrected chi connectivity index (χ3v) is 3.49. The molecule has 1 N–H and O–H groups in total. The highest BCUT2D eigenvalue weighted by Crippen LogP contribution is 2.11. The van der Waals surface area contributed by atoms with E-state index in [1.165, 1.54) is 0 Å². The molecule has 92 valence electrons. The Balaban J connectivity index is 2.25. The lowest BCUT2D eigenvalue weighted by Crippen LogP contribution is -2.37. The highest BCUT2D eigenvalue weighted by molar-refractivity contribution is 7.07. The standard InChI is InChI=1S/C12H23N3S/c1-5-15(10(2)3)7-6-13-11(4)12-8-16-9-14-12/h8-11,13H,5-7H2,1-4H3. The molecule has 0 saturated heterocycles. The summed E-state index contributed by atoms with van der Waals surface area (Å²) in [6, 6.07) is 0.985. The number of hydrogen-bond acceptors (Lipinski definition) is 4. The van der Waals surface area contributed by atoms with Gasteiger partial charge in [-0.15, -0.1) is 11.3 Å². The summed E-state index contributed by atoms with van der Waals surface area (Å²) in [5.41, 5.74) is 3.04. The first-order chi connectivity index (χ1) is 7.65. The van der Waals surface area contributed by atoms with Crippen molar-refractivity contribution in [2.24, 2.45) is 0 Å². The fourth-order valence-electron chi connectivity index (χ4n) is 1.75. The smallest absolute Gasteiger partial charge is 0.0795 e. The average Bonchev–Trinajstić information content (AvgIpc) is 2.76. The minimum absolute atomic E-state index is 0.358. The second-order valence-electron chi connectivity index (χ2n) is 4.31. The first kappa shape index (κ1) is 13.6. The molecule has 1 aromatic heterocycles. The highest BCUT2D eigenvalue weighted by atomic mass is 32.1. The molecule has 0 fully saturated rings. The molecule has 0 amide bonds. The maximum atomic E-state index is 4.31. The summed E-state index contributed by atoms with van der Waals surface area (Å²) in [5, 5.41) is 5.62. The minimum atomic E-state index is 0.358. The van der Waals surface area contributed by atoms with Crippen LogP contribution in [0.2, 0.25) is 0 Å². The Bertz CT molecular complexity index is 272. The number of likely N-dealkylation sites (N-methyl/N-ethyl adjacent to an activating group) is 1. The minimum Gasteiger partial charge on any atom is -0.308 e. The Labute approximate surface area is 103 Å². The number of rotatable bonds is 7. The maximum Gasteiger partial charge on any atom is 0.0795 e. The van der Waals surface area contributed by atoms with E-state index in [-0.39, 0.29) is 0 Å². The zero-order valence-electron chi connectivity index (χ0n) is 10.7. The van der Waals surface area contributed by atoms with E-state index in [0.29, 0.717) is 12.1 Å². The van der Waals surface area contributed by atoms with Crippen molar-refractivity contribution in [1.82, 2.24) is 15.2 Å². The van der Waals surface area contributed by atoms with Crippen molar-refractivity contribution >= 4 is 11.3 Å². The summed E-state index contributed by atoms with van der Waals surface area (Å²) < 4.78 is 0. The highest BCUT2D eigenvalue weighted by Gasteiger charge is 2.09. The summed E-state index contributed by atoms with van der Waals surface area (Å²) in [4.78, 5) is 6.77. The normalized spacial score (nSPS) is 13.6. The molecule has 0 aliphatic rings. The summed E-state index contributed by atoms with van der Waals surface area (Å²) in [6.45, 7) is 12.1. The molecule has 0 aliphatic carbocycles. The van der Waals surface area contributed by atoms with Gasteiger partial charge in [0.15, 0.2) is 0 Å². The molecule has 0 bridgehead atoms. The van der Waals surface area contributed by atoms with E-state index in [2.05, 4.69) is 48.3 Å². The van der Waals surface area contributed by atoms with Crippen LogP contribution in [0.1, 0.15) is 39.4 Å². The molecular formula is C12H23N3S. The molecule has 0 saturated carbocycles. The largest absolute Gasteiger partial charge is 0.308 e. The van der Waals surface area contributed by atoms with Crippen LogP contribution in [0.5, 0.6) is 0 Å². The zero-order chi connectivity index (χ0) is 12.0. The summed E-state index contributed by atoms with van der Waals surface area (Å²) in [7, 11) is 0. The third kappa shape index (κ3) is 4.20. The molecule has 1 unspecified atom stereocenters. The average molecular weight is 241 g/mol. The van der Waals surface area contributed by atoms with Gasteiger partial charge >= 0.3 is 0 Å². The van der Waals surface area contributed by atoms with Crippen LogP contribution < -0.4 is 5.32 Å². The van der Waals surface area contributed by atoms with Crippen molar-refractivity contribution in [3.8, 4) is 0 Å². The van der Waals surface area contributed by atoms with E-state index < -0.39 is 0 Å². The van der Waals surface area contributed by atoms with Crippen molar-refractivity contribution in [2.45, 2.75) is 39.8 Å². The van der Waals surface area contributed by atoms with Gasteiger partial charge in [0, 0.05) is 30.6 Å². The van der Waals surface area contributed by atoms with Crippen LogP contribution in [0.3, 0.4) is 0 Å². The first-order valence-electron chi connectivity index (χ1n) is 6.00. The second kappa shape index (κ2) is 6.99. The van der Waals surface area contributed by atoms with Gasteiger partial charge in [-0.25, -0.2) is 4.98 Å². The van der Waals surface area contributed by atoms with Crippen LogP contribution in [0.25, 0.3) is 0 Å². The topological polar surface area (TPSA) is 28.2 Å². The molecule has 3 nitrogen and oxygen atoms in total. The Morgan fingerprint density at radius 2 is 2.19 bits per heavy atom. The van der Waals surface area contributed by atoms with Gasteiger partial charge in [-0.3, -0.25) is 4.90 Å². The lowest BCUT2D eigenvalue weighted by Gasteiger charge is -2.25. The number of aromatic nitrogens is 1. The SMILES string of the molecule is CCN(CCNC(C)c1cscn1)C(C)C. The summed E-state index contributed by atoms with van der Waals surface area (Å²) >= 11 is 1.66. The van der Waals surface area contributed by atoms with Gasteiger partial charge in [0.25, 0.3) is 0 Å². The number of nitrogens with zero attached hydrogens (tertiary/aromatic N) is 2. The molecule has 1 aromatic rings. The molecule has 0 spiro atoms. The fraction of sp³-hybridized carbons (Fsp3) is 0.750. The van der Waals surface area contributed by atoms with Gasteiger partial charge in [-0.2, -0.15) is 0 Å². The predicted molar refractivity (Wildman–Crippen MR) is 70.9 cm³/mol. The fourth-order valence-corrected chi connectivity index (χ4v) is 2.39. The van der Waals surface area contributed by atoms with E-state index in [0.717, 1.165) is 25.3 Å². The van der Waals surface area contributed by atoms with E-state index in [1.54, 1.807) is 11.3 Å². The van der Waals surface area contributed by atoms with Gasteiger partial charge in [0.1, 0.15) is 0 Å². The lowest BCUT2D eigenvalue weighted by atomic mass is 10.2. The van der Waals surface area contributed by atoms with Crippen molar-refractivity contribution in [3.63, 3.8) is 0 Å². The molecule has 16 heavy (non-hydrogen) atoms. The molecule has 0 aromatic carbocycles. The molecule has 1 rings (SSSR count). The van der Waals surface area contributed by atoms with Gasteiger partial charge in [0.05, 0.1) is 11.2 Å². The molecule has 0 aliphatic heterocycles. The molecule has 0 radical (unpaired) electrons. The van der Waals surface area contributed by atoms with Crippen molar-refractivity contribution < 1.29 is 0 Å². The summed E-state index contributed by atoms with van der Waals surface area (Å²) in [6.07, 6.45) is 0. The van der Waals surface area contributed by atoms with Crippen LogP contribution in [0.4, 0.5) is 0 Å². The second-order valence-corrected chi connectivity index (χ2v) is 5.03. The molecule has 1 heterocycles. The Hall–Kier alpha value is -0.450. The quantitative estimate of drug-likeness (QED) is 0.795. The van der Waals surface area contributed by atoms with Crippen LogP contribution >= 0.6 is 11.3 Å². The number of nitrogens with one attached hydrogen (secondary N) is 1. The first-order valence-corrected chi connectivity index (χ1v) is 6.95. The number of hydrogen-bond donors (Lipinski definition) is 1. The van der Waals surface area contributed by atoms with Gasteiger partial charge < -0.3 is 5.32 Å². The Morgan fingerprint density at radius 1 is 1.44 bits per heavy atom. The van der Waals surface area contributed by atoms with Crippen molar-refractivity contribution in [1.29, 1.82) is 0 Å². The van der Waals surface area contributed by atoms with E-state index in [1.807, 2.05) is 5.51 Å². The lowest BCUT2D eigenvalue weighted by molar-refractivity contribution is 0.231.